The molecule has 0 radical (unpaired) electrons. The van der Waals surface area contributed by atoms with Gasteiger partial charge in [0, 0.05) is 6.04 Å². The molecule has 1 aromatic heterocycles. The van der Waals surface area contributed by atoms with Crippen molar-refractivity contribution in [1.82, 2.24) is 10.3 Å². The molecule has 1 atom stereocenters. The predicted molar refractivity (Wildman–Crippen MR) is 77.3 cm³/mol. The molecule has 0 saturated heterocycles. The summed E-state index contributed by atoms with van der Waals surface area (Å²) in [6.45, 7) is 9.70. The molecule has 104 valence electrons. The highest BCUT2D eigenvalue weighted by Gasteiger charge is 2.28. The molecule has 0 saturated carbocycles. The smallest absolute Gasteiger partial charge is 0.408 e. The highest BCUT2D eigenvalue weighted by Crippen LogP contribution is 2.36. The normalized spacial score (nSPS) is 13.9. The van der Waals surface area contributed by atoms with Crippen molar-refractivity contribution in [2.75, 3.05) is 6.54 Å². The van der Waals surface area contributed by atoms with Gasteiger partial charge in [-0.25, -0.2) is 4.79 Å². The number of aromatic nitrogens is 1. The predicted octanol–water partition coefficient (Wildman–Crippen LogP) is 3.21. The van der Waals surface area contributed by atoms with E-state index in [9.17, 15) is 4.79 Å². The average molecular weight is 262 g/mol. The van der Waals surface area contributed by atoms with Crippen LogP contribution in [0, 0.1) is 5.41 Å². The van der Waals surface area contributed by atoms with Crippen LogP contribution in [0.3, 0.4) is 0 Å². The first-order valence-electron chi connectivity index (χ1n) is 6.84. The minimum absolute atomic E-state index is 0.139. The third-order valence-electron chi connectivity index (χ3n) is 3.88. The maximum atomic E-state index is 11.2. The maximum absolute atomic E-state index is 11.2. The van der Waals surface area contributed by atoms with Crippen LogP contribution in [0.4, 0.5) is 0 Å². The maximum Gasteiger partial charge on any atom is 0.417 e. The van der Waals surface area contributed by atoms with E-state index in [-0.39, 0.29) is 11.5 Å². The lowest BCUT2D eigenvalue weighted by Crippen LogP contribution is -2.33. The quantitative estimate of drug-likeness (QED) is 0.870. The molecule has 1 unspecified atom stereocenters. The lowest BCUT2D eigenvalue weighted by molar-refractivity contribution is 0.237. The first kappa shape index (κ1) is 13.9. The molecule has 0 spiro atoms. The zero-order chi connectivity index (χ0) is 14.0. The van der Waals surface area contributed by atoms with Gasteiger partial charge in [0.15, 0.2) is 5.58 Å². The van der Waals surface area contributed by atoms with Gasteiger partial charge >= 0.3 is 5.76 Å². The Labute approximate surface area is 113 Å². The van der Waals surface area contributed by atoms with Crippen LogP contribution in [0.1, 0.15) is 45.7 Å². The molecule has 4 nitrogen and oxygen atoms in total. The molecule has 1 aromatic carbocycles. The first-order chi connectivity index (χ1) is 8.97. The molecule has 2 N–H and O–H groups in total. The van der Waals surface area contributed by atoms with Crippen LogP contribution in [0.15, 0.2) is 27.4 Å². The highest BCUT2D eigenvalue weighted by molar-refractivity contribution is 5.72. The van der Waals surface area contributed by atoms with Crippen molar-refractivity contribution in [3.05, 3.63) is 34.3 Å². The molecule has 0 amide bonds. The van der Waals surface area contributed by atoms with E-state index < -0.39 is 5.76 Å². The SMILES string of the molecule is CCNC(c1ccc2[nH]c(=O)oc2c1)C(C)(C)CC. The Balaban J connectivity index is 2.46. The van der Waals surface area contributed by atoms with Gasteiger partial charge in [-0.3, -0.25) is 4.98 Å². The van der Waals surface area contributed by atoms with Gasteiger partial charge in [0.05, 0.1) is 5.52 Å². The third-order valence-corrected chi connectivity index (χ3v) is 3.88. The minimum atomic E-state index is -0.401. The molecule has 0 aliphatic rings. The number of hydrogen-bond donors (Lipinski definition) is 2. The second kappa shape index (κ2) is 5.21. The van der Waals surface area contributed by atoms with E-state index in [1.807, 2.05) is 12.1 Å². The van der Waals surface area contributed by atoms with Crippen molar-refractivity contribution in [2.24, 2.45) is 5.41 Å². The molecule has 0 aliphatic heterocycles. The van der Waals surface area contributed by atoms with Crippen LogP contribution in [0.2, 0.25) is 0 Å². The Hall–Kier alpha value is -1.55. The van der Waals surface area contributed by atoms with E-state index in [4.69, 9.17) is 4.42 Å². The van der Waals surface area contributed by atoms with Gasteiger partial charge < -0.3 is 9.73 Å². The Morgan fingerprint density at radius 1 is 1.37 bits per heavy atom. The van der Waals surface area contributed by atoms with Gasteiger partial charge in [-0.15, -0.1) is 0 Å². The van der Waals surface area contributed by atoms with Crippen molar-refractivity contribution in [3.63, 3.8) is 0 Å². The minimum Gasteiger partial charge on any atom is -0.408 e. The fourth-order valence-corrected chi connectivity index (χ4v) is 2.40. The van der Waals surface area contributed by atoms with Crippen molar-refractivity contribution < 1.29 is 4.42 Å². The van der Waals surface area contributed by atoms with Crippen LogP contribution in [0.5, 0.6) is 0 Å². The molecule has 2 aromatic rings. The Bertz CT molecular complexity index is 610. The van der Waals surface area contributed by atoms with Crippen LogP contribution in [-0.2, 0) is 0 Å². The Kier molecular flexibility index (Phi) is 3.80. The number of oxazole rings is 1. The van der Waals surface area contributed by atoms with Gasteiger partial charge in [-0.1, -0.05) is 33.8 Å². The lowest BCUT2D eigenvalue weighted by Gasteiger charge is -2.34. The molecule has 0 aliphatic carbocycles. The lowest BCUT2D eigenvalue weighted by atomic mass is 9.78. The number of aromatic amines is 1. The fourth-order valence-electron chi connectivity index (χ4n) is 2.40. The summed E-state index contributed by atoms with van der Waals surface area (Å²) in [5.74, 6) is -0.401. The summed E-state index contributed by atoms with van der Waals surface area (Å²) >= 11 is 0. The zero-order valence-electron chi connectivity index (χ0n) is 12.0. The van der Waals surface area contributed by atoms with E-state index in [2.05, 4.69) is 44.1 Å². The van der Waals surface area contributed by atoms with Gasteiger partial charge in [0.2, 0.25) is 0 Å². The topological polar surface area (TPSA) is 58.0 Å². The molecular weight excluding hydrogens is 240 g/mol. The number of rotatable bonds is 5. The van der Waals surface area contributed by atoms with Crippen LogP contribution >= 0.6 is 0 Å². The van der Waals surface area contributed by atoms with Gasteiger partial charge in [0.1, 0.15) is 0 Å². The Morgan fingerprint density at radius 2 is 2.11 bits per heavy atom. The van der Waals surface area contributed by atoms with E-state index in [1.165, 1.54) is 0 Å². The van der Waals surface area contributed by atoms with Crippen molar-refractivity contribution in [3.8, 4) is 0 Å². The molecule has 1 heterocycles. The number of fused-ring (bicyclic) bond motifs is 1. The molecule has 4 heteroatoms. The van der Waals surface area contributed by atoms with Crippen LogP contribution in [0.25, 0.3) is 11.1 Å². The van der Waals surface area contributed by atoms with E-state index in [0.717, 1.165) is 24.0 Å². The summed E-state index contributed by atoms with van der Waals surface area (Å²) in [7, 11) is 0. The van der Waals surface area contributed by atoms with Gasteiger partial charge in [-0.05, 0) is 36.1 Å². The standard InChI is InChI=1S/C15H22N2O2/c1-5-15(3,4)13(16-6-2)10-7-8-11-12(9-10)19-14(18)17-11/h7-9,13,16H,5-6H2,1-4H3,(H,17,18). The largest absolute Gasteiger partial charge is 0.417 e. The van der Waals surface area contributed by atoms with Crippen molar-refractivity contribution in [1.29, 1.82) is 0 Å². The summed E-state index contributed by atoms with van der Waals surface area (Å²) in [5, 5.41) is 3.53. The summed E-state index contributed by atoms with van der Waals surface area (Å²) in [5.41, 5.74) is 2.67. The van der Waals surface area contributed by atoms with Gasteiger partial charge in [0.25, 0.3) is 0 Å². The Morgan fingerprint density at radius 3 is 2.74 bits per heavy atom. The van der Waals surface area contributed by atoms with E-state index in [1.54, 1.807) is 0 Å². The van der Waals surface area contributed by atoms with Crippen LogP contribution < -0.4 is 11.1 Å². The summed E-state index contributed by atoms with van der Waals surface area (Å²) < 4.78 is 5.14. The third kappa shape index (κ3) is 2.73. The molecular formula is C15H22N2O2. The van der Waals surface area contributed by atoms with E-state index in [0.29, 0.717) is 5.58 Å². The van der Waals surface area contributed by atoms with Crippen molar-refractivity contribution in [2.45, 2.75) is 40.2 Å². The fraction of sp³-hybridized carbons (Fsp3) is 0.533. The first-order valence-corrected chi connectivity index (χ1v) is 6.84. The number of nitrogens with one attached hydrogen (secondary N) is 2. The molecule has 0 fully saturated rings. The van der Waals surface area contributed by atoms with Gasteiger partial charge in [-0.2, -0.15) is 0 Å². The number of benzene rings is 1. The highest BCUT2D eigenvalue weighted by atomic mass is 16.4. The van der Waals surface area contributed by atoms with Crippen molar-refractivity contribution >= 4 is 11.1 Å². The summed E-state index contributed by atoms with van der Waals surface area (Å²) in [6.07, 6.45) is 1.07. The second-order valence-corrected chi connectivity index (χ2v) is 5.60. The van der Waals surface area contributed by atoms with E-state index >= 15 is 0 Å². The molecule has 0 bridgehead atoms. The number of H-pyrrole nitrogens is 1. The second-order valence-electron chi connectivity index (χ2n) is 5.60. The number of hydrogen-bond acceptors (Lipinski definition) is 3. The summed E-state index contributed by atoms with van der Waals surface area (Å²) in [4.78, 5) is 13.9. The van der Waals surface area contributed by atoms with Crippen LogP contribution in [-0.4, -0.2) is 11.5 Å². The molecule has 19 heavy (non-hydrogen) atoms. The zero-order valence-corrected chi connectivity index (χ0v) is 12.0. The monoisotopic (exact) mass is 262 g/mol. The summed E-state index contributed by atoms with van der Waals surface area (Å²) in [6, 6.07) is 6.16. The average Bonchev–Trinajstić information content (AvgIpc) is 2.74. The molecule has 2 rings (SSSR count).